The van der Waals surface area contributed by atoms with E-state index in [4.69, 9.17) is 0 Å². The van der Waals surface area contributed by atoms with Crippen LogP contribution in [0.1, 0.15) is 16.1 Å². The molecule has 0 spiro atoms. The monoisotopic (exact) mass is 293 g/mol. The minimum Gasteiger partial charge on any atom is -0.346 e. The van der Waals surface area contributed by atoms with E-state index in [1.54, 1.807) is 6.26 Å². The summed E-state index contributed by atoms with van der Waals surface area (Å²) in [7, 11) is 0. The quantitative estimate of drug-likeness (QED) is 0.682. The molecule has 0 bridgehead atoms. The lowest BCUT2D eigenvalue weighted by molar-refractivity contribution is 0.0962. The molecular formula is C13H9F2N3OS. The molecule has 2 heterocycles. The van der Waals surface area contributed by atoms with E-state index in [0.717, 1.165) is 12.1 Å². The van der Waals surface area contributed by atoms with Crippen molar-refractivity contribution in [2.24, 2.45) is 0 Å². The number of hydrogen-bond acceptors (Lipinski definition) is 4. The molecule has 3 rings (SSSR count). The Hall–Kier alpha value is -2.02. The zero-order chi connectivity index (χ0) is 14.3. The molecule has 0 unspecified atom stereocenters. The number of carbonyl (C=O) groups is 1. The Balaban J connectivity index is 2.24. The van der Waals surface area contributed by atoms with E-state index in [0.29, 0.717) is 16.3 Å². The summed E-state index contributed by atoms with van der Waals surface area (Å²) in [6.07, 6.45) is 1.75. The highest BCUT2D eigenvalue weighted by molar-refractivity contribution is 7.98. The van der Waals surface area contributed by atoms with Gasteiger partial charge in [0.25, 0.3) is 5.91 Å². The van der Waals surface area contributed by atoms with Gasteiger partial charge in [-0.2, -0.15) is 0 Å². The first-order valence-corrected chi connectivity index (χ1v) is 7.01. The van der Waals surface area contributed by atoms with Crippen molar-refractivity contribution in [2.75, 3.05) is 6.26 Å². The predicted molar refractivity (Wildman–Crippen MR) is 70.3 cm³/mol. The third kappa shape index (κ3) is 1.94. The van der Waals surface area contributed by atoms with Crippen molar-refractivity contribution in [3.8, 4) is 11.4 Å². The SMILES string of the molecule is CSc1nc(-c2c(F)cccc2F)nc2c1C(=O)NC2. The van der Waals surface area contributed by atoms with Crippen LogP contribution in [0.5, 0.6) is 0 Å². The second kappa shape index (κ2) is 4.82. The summed E-state index contributed by atoms with van der Waals surface area (Å²) in [6.45, 7) is 0.243. The summed E-state index contributed by atoms with van der Waals surface area (Å²) in [5.74, 6) is -1.76. The number of aromatic nitrogens is 2. The van der Waals surface area contributed by atoms with Crippen molar-refractivity contribution in [2.45, 2.75) is 11.6 Å². The van der Waals surface area contributed by atoms with Gasteiger partial charge in [0.05, 0.1) is 23.4 Å². The summed E-state index contributed by atoms with van der Waals surface area (Å²) in [5.41, 5.74) is 0.579. The van der Waals surface area contributed by atoms with E-state index in [2.05, 4.69) is 15.3 Å². The van der Waals surface area contributed by atoms with Gasteiger partial charge in [0, 0.05) is 0 Å². The van der Waals surface area contributed by atoms with Crippen LogP contribution in [0, 0.1) is 11.6 Å². The highest BCUT2D eigenvalue weighted by Crippen LogP contribution is 2.29. The fourth-order valence-electron chi connectivity index (χ4n) is 2.06. The molecule has 1 N–H and O–H groups in total. The number of amides is 1. The van der Waals surface area contributed by atoms with E-state index in [1.165, 1.54) is 17.8 Å². The van der Waals surface area contributed by atoms with Crippen molar-refractivity contribution in [3.05, 3.63) is 41.1 Å². The van der Waals surface area contributed by atoms with Gasteiger partial charge < -0.3 is 5.32 Å². The third-order valence-corrected chi connectivity index (χ3v) is 3.66. The second-order valence-corrected chi connectivity index (χ2v) is 4.95. The number of nitrogens with zero attached hydrogens (tertiary/aromatic N) is 2. The fourth-order valence-corrected chi connectivity index (χ4v) is 2.66. The zero-order valence-corrected chi connectivity index (χ0v) is 11.2. The first kappa shape index (κ1) is 13.0. The molecule has 0 saturated carbocycles. The maximum absolute atomic E-state index is 13.8. The molecule has 2 aromatic rings. The molecule has 4 nitrogen and oxygen atoms in total. The lowest BCUT2D eigenvalue weighted by Crippen LogP contribution is -2.13. The normalized spacial score (nSPS) is 13.2. The first-order valence-electron chi connectivity index (χ1n) is 5.79. The summed E-state index contributed by atoms with van der Waals surface area (Å²) in [6, 6.07) is 3.58. The van der Waals surface area contributed by atoms with Gasteiger partial charge in [-0.25, -0.2) is 18.7 Å². The van der Waals surface area contributed by atoms with Crippen LogP contribution in [0.4, 0.5) is 8.78 Å². The number of thioether (sulfide) groups is 1. The van der Waals surface area contributed by atoms with Crippen LogP contribution in [0.3, 0.4) is 0 Å². The molecule has 1 aromatic carbocycles. The van der Waals surface area contributed by atoms with Crippen molar-refractivity contribution >= 4 is 17.7 Å². The van der Waals surface area contributed by atoms with E-state index in [9.17, 15) is 13.6 Å². The Morgan fingerprint density at radius 2 is 1.90 bits per heavy atom. The van der Waals surface area contributed by atoms with Crippen molar-refractivity contribution in [1.82, 2.24) is 15.3 Å². The van der Waals surface area contributed by atoms with Crippen molar-refractivity contribution < 1.29 is 13.6 Å². The zero-order valence-electron chi connectivity index (χ0n) is 10.4. The molecule has 0 atom stereocenters. The number of hydrogen-bond donors (Lipinski definition) is 1. The third-order valence-electron chi connectivity index (χ3n) is 2.97. The van der Waals surface area contributed by atoms with Crippen molar-refractivity contribution in [3.63, 3.8) is 0 Å². The van der Waals surface area contributed by atoms with E-state index in [1.807, 2.05) is 0 Å². The van der Waals surface area contributed by atoms with Crippen LogP contribution in [-0.2, 0) is 6.54 Å². The van der Waals surface area contributed by atoms with Crippen LogP contribution in [0.15, 0.2) is 23.2 Å². The highest BCUT2D eigenvalue weighted by Gasteiger charge is 2.27. The van der Waals surface area contributed by atoms with Gasteiger partial charge in [0.1, 0.15) is 16.7 Å². The largest absolute Gasteiger partial charge is 0.346 e. The van der Waals surface area contributed by atoms with Gasteiger partial charge in [-0.3, -0.25) is 4.79 Å². The molecule has 0 fully saturated rings. The topological polar surface area (TPSA) is 54.9 Å². The van der Waals surface area contributed by atoms with Gasteiger partial charge in [0.15, 0.2) is 5.82 Å². The van der Waals surface area contributed by atoms with E-state index in [-0.39, 0.29) is 23.8 Å². The maximum Gasteiger partial charge on any atom is 0.256 e. The molecule has 20 heavy (non-hydrogen) atoms. The van der Waals surface area contributed by atoms with Gasteiger partial charge in [-0.15, -0.1) is 11.8 Å². The molecule has 102 valence electrons. The lowest BCUT2D eigenvalue weighted by Gasteiger charge is -2.08. The summed E-state index contributed by atoms with van der Waals surface area (Å²) in [4.78, 5) is 19.9. The molecule has 1 amide bonds. The highest BCUT2D eigenvalue weighted by atomic mass is 32.2. The number of rotatable bonds is 2. The summed E-state index contributed by atoms with van der Waals surface area (Å²) >= 11 is 1.24. The fraction of sp³-hybridized carbons (Fsp3) is 0.154. The number of nitrogens with one attached hydrogen (secondary N) is 1. The molecule has 0 saturated heterocycles. The summed E-state index contributed by atoms with van der Waals surface area (Å²) < 4.78 is 27.6. The number of benzene rings is 1. The number of carbonyl (C=O) groups excluding carboxylic acids is 1. The van der Waals surface area contributed by atoms with Gasteiger partial charge in [-0.1, -0.05) is 6.07 Å². The average molecular weight is 293 g/mol. The molecule has 1 aromatic heterocycles. The minimum absolute atomic E-state index is 0.0415. The Bertz CT molecular complexity index is 701. The van der Waals surface area contributed by atoms with Crippen LogP contribution < -0.4 is 5.32 Å². The van der Waals surface area contributed by atoms with E-state index >= 15 is 0 Å². The van der Waals surface area contributed by atoms with Crippen LogP contribution in [0.25, 0.3) is 11.4 Å². The molecule has 0 radical (unpaired) electrons. The van der Waals surface area contributed by atoms with E-state index < -0.39 is 11.6 Å². The number of fused-ring (bicyclic) bond motifs is 1. The lowest BCUT2D eigenvalue weighted by atomic mass is 10.1. The predicted octanol–water partition coefficient (Wildman–Crippen LogP) is 2.39. The number of halogens is 2. The molecule has 1 aliphatic rings. The standard InChI is InChI=1S/C13H9F2N3OS/c1-20-13-10-8(5-16-12(10)19)17-11(18-13)9-6(14)3-2-4-7(9)15/h2-4H,5H2,1H3,(H,16,19). The Kier molecular flexibility index (Phi) is 3.13. The minimum atomic E-state index is -0.728. The Morgan fingerprint density at radius 3 is 2.55 bits per heavy atom. The summed E-state index contributed by atoms with van der Waals surface area (Å²) in [5, 5.41) is 3.04. The van der Waals surface area contributed by atoms with Gasteiger partial charge in [0.2, 0.25) is 0 Å². The Morgan fingerprint density at radius 1 is 1.20 bits per heavy atom. The molecule has 1 aliphatic heterocycles. The van der Waals surface area contributed by atoms with Crippen LogP contribution in [0.2, 0.25) is 0 Å². The second-order valence-electron chi connectivity index (χ2n) is 4.16. The van der Waals surface area contributed by atoms with Gasteiger partial charge in [-0.05, 0) is 18.4 Å². The molecule has 7 heteroatoms. The average Bonchev–Trinajstić information content (AvgIpc) is 2.79. The maximum atomic E-state index is 13.8. The van der Waals surface area contributed by atoms with Crippen LogP contribution >= 0.6 is 11.8 Å². The Labute approximate surface area is 117 Å². The molecular weight excluding hydrogens is 284 g/mol. The van der Waals surface area contributed by atoms with Crippen LogP contribution in [-0.4, -0.2) is 22.1 Å². The first-order chi connectivity index (χ1) is 9.61. The van der Waals surface area contributed by atoms with Gasteiger partial charge >= 0.3 is 0 Å². The smallest absolute Gasteiger partial charge is 0.256 e. The van der Waals surface area contributed by atoms with Crippen molar-refractivity contribution in [1.29, 1.82) is 0 Å². The molecule has 0 aliphatic carbocycles.